The maximum Gasteiger partial charge on any atom is 0.335 e. The fourth-order valence-electron chi connectivity index (χ4n) is 2.29. The van der Waals surface area contributed by atoms with Gasteiger partial charge < -0.3 is 19.5 Å². The Kier molecular flexibility index (Phi) is 2.50. The van der Waals surface area contributed by atoms with Crippen LogP contribution in [-0.2, 0) is 0 Å². The number of aromatic carboxylic acids is 1. The molecular formula is C13H14N2O4. The van der Waals surface area contributed by atoms with E-state index in [9.17, 15) is 9.90 Å². The summed E-state index contributed by atoms with van der Waals surface area (Å²) < 4.78 is 5.58. The van der Waals surface area contributed by atoms with E-state index in [0.29, 0.717) is 36.6 Å². The molecule has 1 aromatic heterocycles. The lowest BCUT2D eigenvalue weighted by Crippen LogP contribution is -2.29. The molecule has 1 unspecified atom stereocenters. The standard InChI is InChI=1S/C13H14N2O4/c1-13(18)4-5-15(7-13)12-14-9-3-2-8(11(16)17)6-10(9)19-12/h2-3,6,18H,4-5,7H2,1H3,(H,16,17). The van der Waals surface area contributed by atoms with Gasteiger partial charge in [0.1, 0.15) is 5.52 Å². The van der Waals surface area contributed by atoms with Gasteiger partial charge in [-0.2, -0.15) is 4.98 Å². The Morgan fingerprint density at radius 3 is 2.95 bits per heavy atom. The normalized spacial score (nSPS) is 23.2. The molecule has 0 amide bonds. The second-order valence-electron chi connectivity index (χ2n) is 5.15. The molecule has 0 saturated carbocycles. The first-order valence-corrected chi connectivity index (χ1v) is 6.06. The number of nitrogens with zero attached hydrogens (tertiary/aromatic N) is 2. The molecule has 0 aliphatic carbocycles. The average molecular weight is 262 g/mol. The Morgan fingerprint density at radius 1 is 1.53 bits per heavy atom. The molecule has 6 nitrogen and oxygen atoms in total. The minimum Gasteiger partial charge on any atom is -0.478 e. The number of β-amino-alcohol motifs (C(OH)–C–C–N with tert-alkyl or cyclic N) is 1. The maximum absolute atomic E-state index is 10.9. The lowest BCUT2D eigenvalue weighted by molar-refractivity contribution is 0.0696. The summed E-state index contributed by atoms with van der Waals surface area (Å²) >= 11 is 0. The van der Waals surface area contributed by atoms with Crippen LogP contribution in [0, 0.1) is 0 Å². The van der Waals surface area contributed by atoms with Crippen molar-refractivity contribution in [2.24, 2.45) is 0 Å². The van der Waals surface area contributed by atoms with Crippen molar-refractivity contribution in [3.05, 3.63) is 23.8 Å². The van der Waals surface area contributed by atoms with Crippen LogP contribution >= 0.6 is 0 Å². The monoisotopic (exact) mass is 262 g/mol. The Hall–Kier alpha value is -2.08. The van der Waals surface area contributed by atoms with Crippen molar-refractivity contribution in [1.82, 2.24) is 4.98 Å². The summed E-state index contributed by atoms with van der Waals surface area (Å²) in [5.74, 6) is -0.996. The number of rotatable bonds is 2. The van der Waals surface area contributed by atoms with Crippen molar-refractivity contribution < 1.29 is 19.4 Å². The van der Waals surface area contributed by atoms with Gasteiger partial charge in [-0.1, -0.05) is 0 Å². The average Bonchev–Trinajstić information content (AvgIpc) is 2.90. The predicted octanol–water partition coefficient (Wildman–Crippen LogP) is 1.49. The highest BCUT2D eigenvalue weighted by Crippen LogP contribution is 2.29. The van der Waals surface area contributed by atoms with Crippen LogP contribution in [0.2, 0.25) is 0 Å². The summed E-state index contributed by atoms with van der Waals surface area (Å²) in [6, 6.07) is 5.01. The highest BCUT2D eigenvalue weighted by atomic mass is 16.4. The summed E-state index contributed by atoms with van der Waals surface area (Å²) in [6.45, 7) is 2.91. The zero-order chi connectivity index (χ0) is 13.6. The quantitative estimate of drug-likeness (QED) is 0.852. The first-order valence-electron chi connectivity index (χ1n) is 6.06. The predicted molar refractivity (Wildman–Crippen MR) is 68.4 cm³/mol. The van der Waals surface area contributed by atoms with E-state index in [1.807, 2.05) is 4.90 Å². The van der Waals surface area contributed by atoms with Gasteiger partial charge in [0.05, 0.1) is 17.7 Å². The molecular weight excluding hydrogens is 248 g/mol. The van der Waals surface area contributed by atoms with Gasteiger partial charge in [0.25, 0.3) is 6.01 Å². The van der Waals surface area contributed by atoms with Gasteiger partial charge in [0.2, 0.25) is 0 Å². The van der Waals surface area contributed by atoms with Crippen molar-refractivity contribution >= 4 is 23.1 Å². The smallest absolute Gasteiger partial charge is 0.335 e. The van der Waals surface area contributed by atoms with Crippen LogP contribution in [0.1, 0.15) is 23.7 Å². The fraction of sp³-hybridized carbons (Fsp3) is 0.385. The molecule has 1 aromatic carbocycles. The van der Waals surface area contributed by atoms with Crippen LogP contribution in [-0.4, -0.2) is 39.9 Å². The van der Waals surface area contributed by atoms with Crippen LogP contribution in [0.25, 0.3) is 11.1 Å². The summed E-state index contributed by atoms with van der Waals surface area (Å²) in [5.41, 5.74) is 0.504. The van der Waals surface area contributed by atoms with Crippen molar-refractivity contribution in [2.45, 2.75) is 18.9 Å². The number of carboxylic acids is 1. The third kappa shape index (κ3) is 2.15. The highest BCUT2D eigenvalue weighted by Gasteiger charge is 2.33. The molecule has 2 aromatic rings. The first-order chi connectivity index (χ1) is 8.94. The van der Waals surface area contributed by atoms with Gasteiger partial charge in [0, 0.05) is 6.54 Å². The molecule has 100 valence electrons. The van der Waals surface area contributed by atoms with E-state index in [4.69, 9.17) is 9.52 Å². The van der Waals surface area contributed by atoms with E-state index in [1.54, 1.807) is 13.0 Å². The minimum absolute atomic E-state index is 0.170. The first kappa shape index (κ1) is 12.0. The summed E-state index contributed by atoms with van der Waals surface area (Å²) in [4.78, 5) is 17.1. The van der Waals surface area contributed by atoms with E-state index in [0.717, 1.165) is 0 Å². The zero-order valence-electron chi connectivity index (χ0n) is 10.5. The number of carbonyl (C=O) groups is 1. The van der Waals surface area contributed by atoms with Gasteiger partial charge in [-0.05, 0) is 31.5 Å². The lowest BCUT2D eigenvalue weighted by Gasteiger charge is -2.16. The molecule has 1 fully saturated rings. The fourth-order valence-corrected chi connectivity index (χ4v) is 2.29. The van der Waals surface area contributed by atoms with Crippen LogP contribution in [0.5, 0.6) is 0 Å². The van der Waals surface area contributed by atoms with Crippen molar-refractivity contribution in [1.29, 1.82) is 0 Å². The maximum atomic E-state index is 10.9. The van der Waals surface area contributed by atoms with Gasteiger partial charge in [0.15, 0.2) is 5.58 Å². The number of carboxylic acid groups (broad SMARTS) is 1. The van der Waals surface area contributed by atoms with Crippen LogP contribution in [0.3, 0.4) is 0 Å². The molecule has 2 N–H and O–H groups in total. The summed E-state index contributed by atoms with van der Waals surface area (Å²) in [6.07, 6.45) is 0.659. The third-order valence-electron chi connectivity index (χ3n) is 3.35. The Bertz CT molecular complexity index is 647. The van der Waals surface area contributed by atoms with Crippen LogP contribution in [0.15, 0.2) is 22.6 Å². The molecule has 6 heteroatoms. The van der Waals surface area contributed by atoms with Crippen molar-refractivity contribution in [3.8, 4) is 0 Å². The molecule has 1 aliphatic rings. The molecule has 19 heavy (non-hydrogen) atoms. The Labute approximate surface area is 109 Å². The second-order valence-corrected chi connectivity index (χ2v) is 5.15. The Balaban J connectivity index is 1.96. The number of oxazole rings is 1. The zero-order valence-corrected chi connectivity index (χ0v) is 10.5. The number of hydrogen-bond donors (Lipinski definition) is 2. The van der Waals surface area contributed by atoms with E-state index in [1.165, 1.54) is 12.1 Å². The van der Waals surface area contributed by atoms with E-state index in [-0.39, 0.29) is 5.56 Å². The van der Waals surface area contributed by atoms with Gasteiger partial charge in [-0.3, -0.25) is 0 Å². The van der Waals surface area contributed by atoms with Crippen LogP contribution < -0.4 is 4.90 Å². The number of benzene rings is 1. The van der Waals surface area contributed by atoms with Crippen molar-refractivity contribution in [3.63, 3.8) is 0 Å². The molecule has 0 spiro atoms. The number of aromatic nitrogens is 1. The number of fused-ring (bicyclic) bond motifs is 1. The van der Waals surface area contributed by atoms with E-state index >= 15 is 0 Å². The molecule has 2 heterocycles. The minimum atomic E-state index is -0.996. The topological polar surface area (TPSA) is 86.8 Å². The lowest BCUT2D eigenvalue weighted by atomic mass is 10.1. The van der Waals surface area contributed by atoms with Gasteiger partial charge >= 0.3 is 5.97 Å². The molecule has 3 rings (SSSR count). The van der Waals surface area contributed by atoms with Crippen LogP contribution in [0.4, 0.5) is 6.01 Å². The number of anilines is 1. The molecule has 1 aliphatic heterocycles. The molecule has 0 radical (unpaired) electrons. The summed E-state index contributed by atoms with van der Waals surface area (Å²) in [7, 11) is 0. The van der Waals surface area contributed by atoms with E-state index in [2.05, 4.69) is 4.98 Å². The number of aliphatic hydroxyl groups is 1. The molecule has 1 atom stereocenters. The van der Waals surface area contributed by atoms with Crippen molar-refractivity contribution in [2.75, 3.05) is 18.0 Å². The summed E-state index contributed by atoms with van der Waals surface area (Å²) in [5, 5.41) is 18.9. The number of hydrogen-bond acceptors (Lipinski definition) is 5. The largest absolute Gasteiger partial charge is 0.478 e. The van der Waals surface area contributed by atoms with Gasteiger partial charge in [-0.25, -0.2) is 4.79 Å². The molecule has 0 bridgehead atoms. The van der Waals surface area contributed by atoms with E-state index < -0.39 is 11.6 Å². The van der Waals surface area contributed by atoms with Gasteiger partial charge in [-0.15, -0.1) is 0 Å². The molecule has 1 saturated heterocycles. The highest BCUT2D eigenvalue weighted by molar-refractivity contribution is 5.92. The third-order valence-corrected chi connectivity index (χ3v) is 3.35. The SMILES string of the molecule is CC1(O)CCN(c2nc3ccc(C(=O)O)cc3o2)C1. The Morgan fingerprint density at radius 2 is 2.32 bits per heavy atom. The second kappa shape index (κ2) is 3.96.